The average Bonchev–Trinajstić information content (AvgIpc) is 2.90. The van der Waals surface area contributed by atoms with Gasteiger partial charge in [0.05, 0.1) is 4.47 Å². The largest absolute Gasteiger partial charge is 0.483 e. The van der Waals surface area contributed by atoms with Crippen molar-refractivity contribution in [2.45, 2.75) is 6.92 Å². The zero-order valence-electron chi connectivity index (χ0n) is 11.4. The Labute approximate surface area is 143 Å². The normalized spacial score (nSPS) is 10.1. The second-order valence-corrected chi connectivity index (χ2v) is 6.07. The number of aromatic nitrogens is 2. The van der Waals surface area contributed by atoms with Crippen LogP contribution in [-0.2, 0) is 4.79 Å². The fraction of sp³-hybridized carbons (Fsp3) is 0.154. The summed E-state index contributed by atoms with van der Waals surface area (Å²) in [5.41, 5.74) is 5.44. The van der Waals surface area contributed by atoms with E-state index in [-0.39, 0.29) is 12.3 Å². The van der Waals surface area contributed by atoms with Crippen LogP contribution in [0.3, 0.4) is 0 Å². The monoisotopic (exact) mass is 430 g/mol. The smallest absolute Gasteiger partial charge is 0.290 e. The fourth-order valence-corrected chi connectivity index (χ4v) is 2.66. The maximum atomic E-state index is 11.7. The van der Waals surface area contributed by atoms with Crippen LogP contribution in [0.25, 0.3) is 0 Å². The van der Waals surface area contributed by atoms with Gasteiger partial charge in [-0.05, 0) is 47.1 Å². The van der Waals surface area contributed by atoms with Crippen molar-refractivity contribution >= 4 is 43.7 Å². The average molecular weight is 432 g/mol. The Hall–Kier alpha value is -1.87. The second kappa shape index (κ2) is 7.41. The van der Waals surface area contributed by atoms with E-state index in [9.17, 15) is 9.59 Å². The first kappa shape index (κ1) is 16.5. The molecule has 0 bridgehead atoms. The molecule has 9 heteroatoms. The van der Waals surface area contributed by atoms with Gasteiger partial charge in [-0.15, -0.1) is 0 Å². The third-order valence-corrected chi connectivity index (χ3v) is 3.62. The predicted octanol–water partition coefficient (Wildman–Crippen LogP) is 2.08. The third-order valence-electron chi connectivity index (χ3n) is 2.51. The minimum absolute atomic E-state index is 0.189. The number of nitrogens with one attached hydrogen (secondary N) is 3. The molecular formula is C13H12Br2N4O3. The van der Waals surface area contributed by atoms with Crippen molar-refractivity contribution in [1.82, 2.24) is 21.0 Å². The maximum Gasteiger partial charge on any atom is 0.290 e. The summed E-state index contributed by atoms with van der Waals surface area (Å²) in [5, 5.41) is 6.41. The van der Waals surface area contributed by atoms with Crippen LogP contribution in [-0.4, -0.2) is 28.6 Å². The van der Waals surface area contributed by atoms with Crippen molar-refractivity contribution in [2.75, 3.05) is 6.61 Å². The maximum absolute atomic E-state index is 11.7. The van der Waals surface area contributed by atoms with E-state index in [0.717, 1.165) is 10.2 Å². The molecule has 2 amide bonds. The molecular weight excluding hydrogens is 420 g/mol. The van der Waals surface area contributed by atoms with Crippen LogP contribution in [0.15, 0.2) is 33.2 Å². The third kappa shape index (κ3) is 4.57. The highest BCUT2D eigenvalue weighted by molar-refractivity contribution is 9.11. The number of amides is 2. The lowest BCUT2D eigenvalue weighted by Crippen LogP contribution is -2.44. The standard InChI is InChI=1S/C13H12Br2N4O3/c1-7-4-10(17-16-7)13(21)19-18-12(20)6-22-11-3-2-8(14)5-9(11)15/h2-5H,6H2,1H3,(H,16,17)(H,18,20)(H,19,21). The summed E-state index contributed by atoms with van der Waals surface area (Å²) in [7, 11) is 0. The minimum Gasteiger partial charge on any atom is -0.483 e. The minimum atomic E-state index is -0.512. The van der Waals surface area contributed by atoms with Crippen LogP contribution in [0.1, 0.15) is 16.2 Å². The quantitative estimate of drug-likeness (QED) is 0.645. The van der Waals surface area contributed by atoms with E-state index in [0.29, 0.717) is 10.2 Å². The molecule has 0 unspecified atom stereocenters. The molecule has 1 aromatic heterocycles. The van der Waals surface area contributed by atoms with Crippen LogP contribution < -0.4 is 15.6 Å². The molecule has 0 aliphatic carbocycles. The van der Waals surface area contributed by atoms with Gasteiger partial charge in [0, 0.05) is 10.2 Å². The summed E-state index contributed by atoms with van der Waals surface area (Å²) < 4.78 is 6.94. The van der Waals surface area contributed by atoms with Gasteiger partial charge in [-0.1, -0.05) is 15.9 Å². The van der Waals surface area contributed by atoms with E-state index < -0.39 is 11.8 Å². The number of aryl methyl sites for hydroxylation is 1. The summed E-state index contributed by atoms with van der Waals surface area (Å²) in [5.74, 6) is -0.481. The number of carbonyl (C=O) groups excluding carboxylic acids is 2. The van der Waals surface area contributed by atoms with Crippen molar-refractivity contribution in [3.05, 3.63) is 44.6 Å². The summed E-state index contributed by atoms with van der Waals surface area (Å²) in [6.45, 7) is 1.53. The number of hydrogen-bond acceptors (Lipinski definition) is 4. The summed E-state index contributed by atoms with van der Waals surface area (Å²) in [6, 6.07) is 6.87. The van der Waals surface area contributed by atoms with Gasteiger partial charge in [-0.25, -0.2) is 0 Å². The van der Waals surface area contributed by atoms with E-state index in [4.69, 9.17) is 4.74 Å². The number of rotatable bonds is 4. The van der Waals surface area contributed by atoms with Gasteiger partial charge in [-0.2, -0.15) is 5.10 Å². The number of ether oxygens (including phenoxy) is 1. The Balaban J connectivity index is 1.79. The summed E-state index contributed by atoms with van der Waals surface area (Å²) >= 11 is 6.64. The number of hydrazine groups is 1. The van der Waals surface area contributed by atoms with E-state index >= 15 is 0 Å². The molecule has 22 heavy (non-hydrogen) atoms. The molecule has 1 heterocycles. The Bertz CT molecular complexity index is 702. The highest BCUT2D eigenvalue weighted by Gasteiger charge is 2.11. The van der Waals surface area contributed by atoms with Crippen molar-refractivity contribution in [3.63, 3.8) is 0 Å². The highest BCUT2D eigenvalue weighted by atomic mass is 79.9. The van der Waals surface area contributed by atoms with Crippen LogP contribution >= 0.6 is 31.9 Å². The SMILES string of the molecule is Cc1cc(C(=O)NNC(=O)COc2ccc(Br)cc2Br)n[nH]1. The van der Waals surface area contributed by atoms with Gasteiger partial charge in [0.15, 0.2) is 12.3 Å². The number of hydrogen-bond donors (Lipinski definition) is 3. The second-order valence-electron chi connectivity index (χ2n) is 4.30. The van der Waals surface area contributed by atoms with Crippen molar-refractivity contribution in [2.24, 2.45) is 0 Å². The molecule has 0 fully saturated rings. The molecule has 0 aliphatic rings. The number of halogens is 2. The van der Waals surface area contributed by atoms with Crippen molar-refractivity contribution in [3.8, 4) is 5.75 Å². The van der Waals surface area contributed by atoms with Gasteiger partial charge in [0.25, 0.3) is 11.8 Å². The Morgan fingerprint density at radius 3 is 2.68 bits per heavy atom. The molecule has 116 valence electrons. The topological polar surface area (TPSA) is 96.1 Å². The molecule has 2 aromatic rings. The number of H-pyrrole nitrogens is 1. The van der Waals surface area contributed by atoms with E-state index in [1.165, 1.54) is 0 Å². The van der Waals surface area contributed by atoms with E-state index in [2.05, 4.69) is 52.9 Å². The molecule has 7 nitrogen and oxygen atoms in total. The molecule has 0 saturated carbocycles. The molecule has 0 aliphatic heterocycles. The molecule has 3 N–H and O–H groups in total. The van der Waals surface area contributed by atoms with Crippen LogP contribution in [0.2, 0.25) is 0 Å². The molecule has 0 radical (unpaired) electrons. The predicted molar refractivity (Wildman–Crippen MR) is 86.3 cm³/mol. The summed E-state index contributed by atoms with van der Waals surface area (Å²) in [4.78, 5) is 23.3. The lowest BCUT2D eigenvalue weighted by atomic mass is 10.3. The van der Waals surface area contributed by atoms with Gasteiger partial charge >= 0.3 is 0 Å². The van der Waals surface area contributed by atoms with Crippen LogP contribution in [0.4, 0.5) is 0 Å². The number of carbonyl (C=O) groups is 2. The van der Waals surface area contributed by atoms with E-state index in [1.54, 1.807) is 31.2 Å². The highest BCUT2D eigenvalue weighted by Crippen LogP contribution is 2.27. The lowest BCUT2D eigenvalue weighted by molar-refractivity contribution is -0.123. The molecule has 2 rings (SSSR count). The van der Waals surface area contributed by atoms with Crippen molar-refractivity contribution < 1.29 is 14.3 Å². The summed E-state index contributed by atoms with van der Waals surface area (Å²) in [6.07, 6.45) is 0. The Kier molecular flexibility index (Phi) is 5.56. The Morgan fingerprint density at radius 1 is 1.27 bits per heavy atom. The number of aromatic amines is 1. The Morgan fingerprint density at radius 2 is 2.05 bits per heavy atom. The van der Waals surface area contributed by atoms with Gasteiger partial charge in [-0.3, -0.25) is 25.5 Å². The first-order valence-electron chi connectivity index (χ1n) is 6.15. The zero-order valence-corrected chi connectivity index (χ0v) is 14.6. The fourth-order valence-electron chi connectivity index (χ4n) is 1.50. The van der Waals surface area contributed by atoms with Gasteiger partial charge < -0.3 is 4.74 Å². The van der Waals surface area contributed by atoms with Gasteiger partial charge in [0.2, 0.25) is 0 Å². The van der Waals surface area contributed by atoms with Crippen molar-refractivity contribution in [1.29, 1.82) is 0 Å². The number of nitrogens with zero attached hydrogens (tertiary/aromatic N) is 1. The lowest BCUT2D eigenvalue weighted by Gasteiger charge is -2.09. The molecule has 0 saturated heterocycles. The van der Waals surface area contributed by atoms with Crippen LogP contribution in [0, 0.1) is 6.92 Å². The molecule has 0 atom stereocenters. The van der Waals surface area contributed by atoms with E-state index in [1.807, 2.05) is 0 Å². The van der Waals surface area contributed by atoms with Crippen LogP contribution in [0.5, 0.6) is 5.75 Å². The first-order chi connectivity index (χ1) is 10.5. The first-order valence-corrected chi connectivity index (χ1v) is 7.73. The van der Waals surface area contributed by atoms with Gasteiger partial charge in [0.1, 0.15) is 5.75 Å². The molecule has 0 spiro atoms. The zero-order chi connectivity index (χ0) is 16.1. The number of benzene rings is 1. The molecule has 1 aromatic carbocycles.